The topological polar surface area (TPSA) is 43.4 Å². The molecule has 0 bridgehead atoms. The number of allylic oxidation sites excluding steroid dienone is 1. The van der Waals surface area contributed by atoms with Crippen molar-refractivity contribution in [3.8, 4) is 0 Å². The minimum atomic E-state index is -0.514. The van der Waals surface area contributed by atoms with Gasteiger partial charge in [0.25, 0.3) is 0 Å². The summed E-state index contributed by atoms with van der Waals surface area (Å²) < 4.78 is 5.05. The minimum Gasteiger partial charge on any atom is -0.458 e. The van der Waals surface area contributed by atoms with E-state index >= 15 is 0 Å². The van der Waals surface area contributed by atoms with E-state index in [1.165, 1.54) is 12.2 Å². The van der Waals surface area contributed by atoms with Crippen LogP contribution >= 0.6 is 0 Å². The van der Waals surface area contributed by atoms with Gasteiger partial charge in [0.15, 0.2) is 5.78 Å². The van der Waals surface area contributed by atoms with Gasteiger partial charge in [0.05, 0.1) is 0 Å². The first-order chi connectivity index (χ1) is 10.2. The number of hydrogen-bond acceptors (Lipinski definition) is 3. The average molecular weight is 280 g/mol. The van der Waals surface area contributed by atoms with Crippen LogP contribution in [-0.4, -0.2) is 11.8 Å². The van der Waals surface area contributed by atoms with Crippen molar-refractivity contribution in [1.82, 2.24) is 0 Å². The van der Waals surface area contributed by atoms with E-state index in [0.717, 1.165) is 11.1 Å². The molecule has 0 aliphatic heterocycles. The van der Waals surface area contributed by atoms with Gasteiger partial charge in [-0.25, -0.2) is 4.79 Å². The SMILES string of the molecule is O=C(/C=C/C(=O)OCc1ccccc1)Cc1ccccc1. The molecule has 0 heterocycles. The normalized spacial score (nSPS) is 10.5. The third-order valence-corrected chi connectivity index (χ3v) is 2.85. The maximum Gasteiger partial charge on any atom is 0.331 e. The molecule has 0 atom stereocenters. The van der Waals surface area contributed by atoms with Crippen LogP contribution in [0, 0.1) is 0 Å². The molecule has 2 aromatic rings. The number of hydrogen-bond donors (Lipinski definition) is 0. The summed E-state index contributed by atoms with van der Waals surface area (Å²) in [6.45, 7) is 0.205. The Morgan fingerprint density at radius 2 is 1.38 bits per heavy atom. The Balaban J connectivity index is 1.78. The van der Waals surface area contributed by atoms with Crippen LogP contribution in [0.25, 0.3) is 0 Å². The number of rotatable bonds is 6. The van der Waals surface area contributed by atoms with Crippen molar-refractivity contribution in [3.63, 3.8) is 0 Å². The van der Waals surface area contributed by atoms with Crippen LogP contribution in [0.15, 0.2) is 72.8 Å². The number of esters is 1. The predicted octanol–water partition coefficient (Wildman–Crippen LogP) is 3.10. The summed E-state index contributed by atoms with van der Waals surface area (Å²) in [4.78, 5) is 23.2. The second kappa shape index (κ2) is 7.80. The monoisotopic (exact) mass is 280 g/mol. The van der Waals surface area contributed by atoms with E-state index in [4.69, 9.17) is 4.74 Å². The second-order valence-electron chi connectivity index (χ2n) is 4.56. The Morgan fingerprint density at radius 1 is 0.810 bits per heavy atom. The van der Waals surface area contributed by atoms with Crippen molar-refractivity contribution < 1.29 is 14.3 Å². The van der Waals surface area contributed by atoms with Crippen molar-refractivity contribution in [2.24, 2.45) is 0 Å². The zero-order valence-electron chi connectivity index (χ0n) is 11.6. The van der Waals surface area contributed by atoms with Gasteiger partial charge in [0, 0.05) is 12.5 Å². The van der Waals surface area contributed by atoms with Gasteiger partial charge in [-0.15, -0.1) is 0 Å². The van der Waals surface area contributed by atoms with Gasteiger partial charge in [-0.2, -0.15) is 0 Å². The molecule has 106 valence electrons. The fourth-order valence-electron chi connectivity index (χ4n) is 1.79. The van der Waals surface area contributed by atoms with Crippen molar-refractivity contribution in [1.29, 1.82) is 0 Å². The van der Waals surface area contributed by atoms with Crippen LogP contribution in [0.4, 0.5) is 0 Å². The molecule has 0 radical (unpaired) electrons. The number of carbonyl (C=O) groups excluding carboxylic acids is 2. The molecule has 0 N–H and O–H groups in total. The molecular formula is C18H16O3. The first kappa shape index (κ1) is 14.7. The Bertz CT molecular complexity index is 615. The van der Waals surface area contributed by atoms with Crippen molar-refractivity contribution >= 4 is 11.8 Å². The third kappa shape index (κ3) is 5.45. The lowest BCUT2D eigenvalue weighted by molar-refractivity contribution is -0.139. The highest BCUT2D eigenvalue weighted by Crippen LogP contribution is 2.02. The molecule has 21 heavy (non-hydrogen) atoms. The van der Waals surface area contributed by atoms with Crippen molar-refractivity contribution in [2.45, 2.75) is 13.0 Å². The van der Waals surface area contributed by atoms with E-state index in [-0.39, 0.29) is 18.8 Å². The molecule has 0 spiro atoms. The lowest BCUT2D eigenvalue weighted by Crippen LogP contribution is -2.03. The summed E-state index contributed by atoms with van der Waals surface area (Å²) in [6.07, 6.45) is 2.72. The third-order valence-electron chi connectivity index (χ3n) is 2.85. The van der Waals surface area contributed by atoms with Gasteiger partial charge < -0.3 is 4.74 Å². The fraction of sp³-hybridized carbons (Fsp3) is 0.111. The molecule has 0 aliphatic carbocycles. The molecule has 0 aliphatic rings. The Labute approximate surface area is 123 Å². The number of carbonyl (C=O) groups is 2. The first-order valence-electron chi connectivity index (χ1n) is 6.69. The summed E-state index contributed by atoms with van der Waals surface area (Å²) in [5.41, 5.74) is 1.83. The predicted molar refractivity (Wildman–Crippen MR) is 80.5 cm³/mol. The highest BCUT2D eigenvalue weighted by molar-refractivity contribution is 5.96. The van der Waals surface area contributed by atoms with Crippen LogP contribution in [0.1, 0.15) is 11.1 Å². The smallest absolute Gasteiger partial charge is 0.331 e. The van der Waals surface area contributed by atoms with Gasteiger partial charge in [0.2, 0.25) is 0 Å². The lowest BCUT2D eigenvalue weighted by Gasteiger charge is -2.01. The lowest BCUT2D eigenvalue weighted by atomic mass is 10.1. The van der Waals surface area contributed by atoms with Gasteiger partial charge in [-0.1, -0.05) is 60.7 Å². The second-order valence-corrected chi connectivity index (χ2v) is 4.56. The van der Waals surface area contributed by atoms with Gasteiger partial charge in [-0.05, 0) is 17.2 Å². The highest BCUT2D eigenvalue weighted by Gasteiger charge is 2.02. The molecular weight excluding hydrogens is 264 g/mol. The standard InChI is InChI=1S/C18H16O3/c19-17(13-15-7-3-1-4-8-15)11-12-18(20)21-14-16-9-5-2-6-10-16/h1-12H,13-14H2/b12-11+. The van der Waals surface area contributed by atoms with E-state index in [9.17, 15) is 9.59 Å². The van der Waals surface area contributed by atoms with E-state index in [1.54, 1.807) is 0 Å². The van der Waals surface area contributed by atoms with E-state index in [0.29, 0.717) is 0 Å². The number of ketones is 1. The molecule has 0 unspecified atom stereocenters. The largest absolute Gasteiger partial charge is 0.458 e. The zero-order valence-corrected chi connectivity index (χ0v) is 11.6. The molecule has 2 rings (SSSR count). The van der Waals surface area contributed by atoms with Crippen LogP contribution in [-0.2, 0) is 27.4 Å². The zero-order chi connectivity index (χ0) is 14.9. The van der Waals surface area contributed by atoms with Crippen LogP contribution < -0.4 is 0 Å². The molecule has 0 amide bonds. The van der Waals surface area contributed by atoms with E-state index in [2.05, 4.69) is 0 Å². The quantitative estimate of drug-likeness (QED) is 0.603. The summed E-state index contributed by atoms with van der Waals surface area (Å²) >= 11 is 0. The van der Waals surface area contributed by atoms with Crippen LogP contribution in [0.2, 0.25) is 0 Å². The Morgan fingerprint density at radius 3 is 2.00 bits per heavy atom. The summed E-state index contributed by atoms with van der Waals surface area (Å²) in [6, 6.07) is 18.8. The molecule has 0 saturated heterocycles. The summed E-state index contributed by atoms with van der Waals surface area (Å²) in [5, 5.41) is 0. The summed E-state index contributed by atoms with van der Waals surface area (Å²) in [5.74, 6) is -0.641. The molecule has 0 fully saturated rings. The molecule has 2 aromatic carbocycles. The van der Waals surface area contributed by atoms with Gasteiger partial charge >= 0.3 is 5.97 Å². The van der Waals surface area contributed by atoms with Crippen LogP contribution in [0.5, 0.6) is 0 Å². The Kier molecular flexibility index (Phi) is 5.47. The highest BCUT2D eigenvalue weighted by atomic mass is 16.5. The van der Waals surface area contributed by atoms with Crippen molar-refractivity contribution in [2.75, 3.05) is 0 Å². The van der Waals surface area contributed by atoms with Crippen molar-refractivity contribution in [3.05, 3.63) is 83.9 Å². The molecule has 0 saturated carbocycles. The molecule has 3 heteroatoms. The van der Waals surface area contributed by atoms with Crippen LogP contribution in [0.3, 0.4) is 0 Å². The fourth-order valence-corrected chi connectivity index (χ4v) is 1.79. The van der Waals surface area contributed by atoms with E-state index in [1.807, 2.05) is 60.7 Å². The summed E-state index contributed by atoms with van der Waals surface area (Å²) in [7, 11) is 0. The first-order valence-corrected chi connectivity index (χ1v) is 6.69. The van der Waals surface area contributed by atoms with Gasteiger partial charge in [0.1, 0.15) is 6.61 Å². The van der Waals surface area contributed by atoms with E-state index < -0.39 is 5.97 Å². The number of benzene rings is 2. The minimum absolute atomic E-state index is 0.127. The Hall–Kier alpha value is -2.68. The maximum absolute atomic E-state index is 11.7. The van der Waals surface area contributed by atoms with Gasteiger partial charge in [-0.3, -0.25) is 4.79 Å². The molecule has 3 nitrogen and oxygen atoms in total. The maximum atomic E-state index is 11.7. The number of ether oxygens (including phenoxy) is 1. The average Bonchev–Trinajstić information content (AvgIpc) is 2.53. The molecule has 0 aromatic heterocycles.